The third kappa shape index (κ3) is 3.85. The van der Waals surface area contributed by atoms with E-state index in [2.05, 4.69) is 4.72 Å². The van der Waals surface area contributed by atoms with Gasteiger partial charge in [-0.2, -0.15) is 0 Å². The minimum atomic E-state index is -3.69. The number of sulfonamides is 1. The van der Waals surface area contributed by atoms with E-state index in [1.54, 1.807) is 6.07 Å². The highest BCUT2D eigenvalue weighted by Crippen LogP contribution is 2.26. The zero-order chi connectivity index (χ0) is 12.9. The first-order valence-electron chi connectivity index (χ1n) is 5.10. The number of nitrogens with one attached hydrogen (secondary N) is 1. The Morgan fingerprint density at radius 2 is 2.18 bits per heavy atom. The summed E-state index contributed by atoms with van der Waals surface area (Å²) in [6.45, 7) is 2.86. The SMILES string of the molecule is CCOCCNS(=O)(=O)c1c(N)cccc1Cl. The number of benzene rings is 1. The number of rotatable bonds is 6. The highest BCUT2D eigenvalue weighted by atomic mass is 35.5. The lowest BCUT2D eigenvalue weighted by Gasteiger charge is -2.10. The highest BCUT2D eigenvalue weighted by Gasteiger charge is 2.20. The molecule has 1 rings (SSSR count). The van der Waals surface area contributed by atoms with Crippen LogP contribution in [-0.4, -0.2) is 28.2 Å². The van der Waals surface area contributed by atoms with Crippen molar-refractivity contribution in [3.05, 3.63) is 23.2 Å². The van der Waals surface area contributed by atoms with E-state index < -0.39 is 10.0 Å². The van der Waals surface area contributed by atoms with Gasteiger partial charge in [0.1, 0.15) is 4.90 Å². The molecular formula is C10H15ClN2O3S. The minimum Gasteiger partial charge on any atom is -0.398 e. The monoisotopic (exact) mass is 278 g/mol. The lowest BCUT2D eigenvalue weighted by molar-refractivity contribution is 0.153. The molecule has 1 aromatic carbocycles. The smallest absolute Gasteiger partial charge is 0.244 e. The maximum Gasteiger partial charge on any atom is 0.244 e. The summed E-state index contributed by atoms with van der Waals surface area (Å²) in [6, 6.07) is 4.56. The summed E-state index contributed by atoms with van der Waals surface area (Å²) in [5.74, 6) is 0. The molecule has 3 N–H and O–H groups in total. The highest BCUT2D eigenvalue weighted by molar-refractivity contribution is 7.89. The van der Waals surface area contributed by atoms with E-state index in [1.165, 1.54) is 12.1 Å². The molecule has 0 aromatic heterocycles. The number of ether oxygens (including phenoxy) is 1. The van der Waals surface area contributed by atoms with Crippen LogP contribution in [0.2, 0.25) is 5.02 Å². The Labute approximate surface area is 106 Å². The first-order valence-corrected chi connectivity index (χ1v) is 6.96. The molecule has 0 aliphatic carbocycles. The summed E-state index contributed by atoms with van der Waals surface area (Å²) in [4.78, 5) is -0.0850. The molecule has 0 radical (unpaired) electrons. The van der Waals surface area contributed by atoms with Crippen LogP contribution in [0, 0.1) is 0 Å². The third-order valence-electron chi connectivity index (χ3n) is 2.01. The summed E-state index contributed by atoms with van der Waals surface area (Å²) >= 11 is 5.82. The predicted octanol–water partition coefficient (Wildman–Crippen LogP) is 1.24. The molecule has 17 heavy (non-hydrogen) atoms. The van der Waals surface area contributed by atoms with Crippen molar-refractivity contribution in [2.24, 2.45) is 0 Å². The topological polar surface area (TPSA) is 81.4 Å². The first kappa shape index (κ1) is 14.2. The van der Waals surface area contributed by atoms with Crippen LogP contribution in [0.4, 0.5) is 5.69 Å². The van der Waals surface area contributed by atoms with E-state index in [9.17, 15) is 8.42 Å². The van der Waals surface area contributed by atoms with Gasteiger partial charge in [0.15, 0.2) is 0 Å². The number of nitrogens with two attached hydrogens (primary N) is 1. The van der Waals surface area contributed by atoms with Crippen molar-refractivity contribution in [1.82, 2.24) is 4.72 Å². The quantitative estimate of drug-likeness (QED) is 0.606. The van der Waals surface area contributed by atoms with E-state index in [4.69, 9.17) is 22.1 Å². The molecule has 0 fully saturated rings. The van der Waals surface area contributed by atoms with Crippen LogP contribution in [0.5, 0.6) is 0 Å². The van der Waals surface area contributed by atoms with Crippen molar-refractivity contribution in [1.29, 1.82) is 0 Å². The standard InChI is InChI=1S/C10H15ClN2O3S/c1-2-16-7-6-13-17(14,15)10-8(11)4-3-5-9(10)12/h3-5,13H,2,6-7,12H2,1H3. The van der Waals surface area contributed by atoms with E-state index in [0.29, 0.717) is 13.2 Å². The molecule has 0 amide bonds. The van der Waals surface area contributed by atoms with E-state index in [0.717, 1.165) is 0 Å². The maximum absolute atomic E-state index is 11.9. The molecule has 7 heteroatoms. The zero-order valence-corrected chi connectivity index (χ0v) is 11.0. The normalized spacial score (nSPS) is 11.6. The molecule has 5 nitrogen and oxygen atoms in total. The van der Waals surface area contributed by atoms with Crippen molar-refractivity contribution >= 4 is 27.3 Å². The fraction of sp³-hybridized carbons (Fsp3) is 0.400. The van der Waals surface area contributed by atoms with Crippen molar-refractivity contribution in [2.75, 3.05) is 25.5 Å². The Balaban J connectivity index is 2.83. The molecule has 1 aromatic rings. The molecule has 0 aliphatic rings. The molecule has 0 saturated carbocycles. The van der Waals surface area contributed by atoms with Gasteiger partial charge < -0.3 is 10.5 Å². The van der Waals surface area contributed by atoms with E-state index in [1.807, 2.05) is 6.92 Å². The van der Waals surface area contributed by atoms with Gasteiger partial charge in [-0.25, -0.2) is 13.1 Å². The van der Waals surface area contributed by atoms with Crippen LogP contribution < -0.4 is 10.5 Å². The molecule has 0 saturated heterocycles. The summed E-state index contributed by atoms with van der Waals surface area (Å²) < 4.78 is 31.2. The maximum atomic E-state index is 11.9. The minimum absolute atomic E-state index is 0.0850. The Morgan fingerprint density at radius 3 is 2.76 bits per heavy atom. The molecule has 0 bridgehead atoms. The number of halogens is 1. The summed E-state index contributed by atoms with van der Waals surface area (Å²) in [7, 11) is -3.69. The molecule has 0 heterocycles. The summed E-state index contributed by atoms with van der Waals surface area (Å²) in [5.41, 5.74) is 5.73. The molecule has 0 spiro atoms. The summed E-state index contributed by atoms with van der Waals surface area (Å²) in [5, 5.41) is 0.105. The second-order valence-corrected chi connectivity index (χ2v) is 5.36. The van der Waals surface area contributed by atoms with Crippen molar-refractivity contribution in [2.45, 2.75) is 11.8 Å². The molecule has 96 valence electrons. The van der Waals surface area contributed by atoms with Crippen LogP contribution in [0.1, 0.15) is 6.92 Å². The Kier molecular flexibility index (Phi) is 5.20. The van der Waals surface area contributed by atoms with Gasteiger partial charge in [-0.05, 0) is 19.1 Å². The predicted molar refractivity (Wildman–Crippen MR) is 67.5 cm³/mol. The van der Waals surface area contributed by atoms with Crippen LogP contribution in [0.25, 0.3) is 0 Å². The van der Waals surface area contributed by atoms with Gasteiger partial charge in [0.2, 0.25) is 10.0 Å². The van der Waals surface area contributed by atoms with Gasteiger partial charge in [0.25, 0.3) is 0 Å². The fourth-order valence-corrected chi connectivity index (χ4v) is 2.96. The van der Waals surface area contributed by atoms with Crippen molar-refractivity contribution in [3.63, 3.8) is 0 Å². The average molecular weight is 279 g/mol. The van der Waals surface area contributed by atoms with Gasteiger partial charge in [-0.1, -0.05) is 17.7 Å². The fourth-order valence-electron chi connectivity index (χ4n) is 1.27. The molecule has 0 atom stereocenters. The number of hydrogen-bond donors (Lipinski definition) is 2. The second kappa shape index (κ2) is 6.20. The van der Waals surface area contributed by atoms with Crippen LogP contribution in [-0.2, 0) is 14.8 Å². The zero-order valence-electron chi connectivity index (χ0n) is 9.44. The Morgan fingerprint density at radius 1 is 1.47 bits per heavy atom. The van der Waals surface area contributed by atoms with E-state index >= 15 is 0 Å². The largest absolute Gasteiger partial charge is 0.398 e. The summed E-state index contributed by atoms with van der Waals surface area (Å²) in [6.07, 6.45) is 0. The number of nitrogen functional groups attached to an aromatic ring is 1. The molecule has 0 aliphatic heterocycles. The number of hydrogen-bond acceptors (Lipinski definition) is 4. The third-order valence-corrected chi connectivity index (χ3v) is 4.01. The van der Waals surface area contributed by atoms with Gasteiger partial charge in [-0.3, -0.25) is 0 Å². The van der Waals surface area contributed by atoms with E-state index in [-0.39, 0.29) is 22.2 Å². The number of anilines is 1. The Hall–Kier alpha value is -0.820. The average Bonchev–Trinajstić information content (AvgIpc) is 2.24. The van der Waals surface area contributed by atoms with Crippen LogP contribution >= 0.6 is 11.6 Å². The lowest BCUT2D eigenvalue weighted by atomic mass is 10.3. The molecule has 0 unspecified atom stereocenters. The lowest BCUT2D eigenvalue weighted by Crippen LogP contribution is -2.28. The first-order chi connectivity index (χ1) is 7.99. The van der Waals surface area contributed by atoms with Gasteiger partial charge >= 0.3 is 0 Å². The van der Waals surface area contributed by atoms with Crippen molar-refractivity contribution < 1.29 is 13.2 Å². The van der Waals surface area contributed by atoms with Gasteiger partial charge in [0.05, 0.1) is 17.3 Å². The van der Waals surface area contributed by atoms with Crippen LogP contribution in [0.3, 0.4) is 0 Å². The molecular weight excluding hydrogens is 264 g/mol. The van der Waals surface area contributed by atoms with Crippen molar-refractivity contribution in [3.8, 4) is 0 Å². The van der Waals surface area contributed by atoms with Gasteiger partial charge in [0, 0.05) is 13.2 Å². The Bertz CT molecular complexity index is 456. The second-order valence-electron chi connectivity index (χ2n) is 3.25. The van der Waals surface area contributed by atoms with Gasteiger partial charge in [-0.15, -0.1) is 0 Å². The van der Waals surface area contributed by atoms with Crippen LogP contribution in [0.15, 0.2) is 23.1 Å².